The maximum atomic E-state index is 13.7. The first-order valence-corrected chi connectivity index (χ1v) is 14.6. The van der Waals surface area contributed by atoms with Gasteiger partial charge in [0.1, 0.15) is 11.9 Å². The summed E-state index contributed by atoms with van der Waals surface area (Å²) in [4.78, 5) is 28.0. The molecule has 0 aliphatic heterocycles. The lowest BCUT2D eigenvalue weighted by atomic mass is 10.1. The molecule has 2 aromatic carbocycles. The van der Waals surface area contributed by atoms with E-state index in [-0.39, 0.29) is 49.5 Å². The van der Waals surface area contributed by atoms with Crippen LogP contribution in [0.5, 0.6) is 0 Å². The van der Waals surface area contributed by atoms with E-state index in [1.807, 2.05) is 0 Å². The highest BCUT2D eigenvalue weighted by atomic mass is 32.2. The fraction of sp³-hybridized carbons (Fsp3) is 0.481. The molecule has 3 rings (SSSR count). The zero-order chi connectivity index (χ0) is 27.9. The third-order valence-electron chi connectivity index (χ3n) is 6.70. The molecule has 0 spiro atoms. The normalized spacial score (nSPS) is 14.8. The zero-order valence-electron chi connectivity index (χ0n) is 21.6. The van der Waals surface area contributed by atoms with Crippen molar-refractivity contribution in [2.24, 2.45) is 0 Å². The number of amides is 2. The minimum atomic E-state index is -3.85. The first-order valence-electron chi connectivity index (χ1n) is 12.8. The van der Waals surface area contributed by atoms with Gasteiger partial charge in [-0.25, -0.2) is 21.6 Å². The third kappa shape index (κ3) is 7.96. The van der Waals surface area contributed by atoms with Crippen molar-refractivity contribution in [3.63, 3.8) is 0 Å². The molecule has 0 aromatic heterocycles. The predicted molar refractivity (Wildman–Crippen MR) is 139 cm³/mol. The van der Waals surface area contributed by atoms with E-state index in [0.29, 0.717) is 12.0 Å². The topological polar surface area (TPSA) is 86.8 Å². The molecule has 0 saturated heterocycles. The summed E-state index contributed by atoms with van der Waals surface area (Å²) in [6, 6.07) is 7.75. The number of nitrogens with one attached hydrogen (secondary N) is 1. The highest BCUT2D eigenvalue weighted by Crippen LogP contribution is 2.23. The van der Waals surface area contributed by atoms with Gasteiger partial charge in [0.2, 0.25) is 21.8 Å². The van der Waals surface area contributed by atoms with Crippen molar-refractivity contribution in [2.75, 3.05) is 17.1 Å². The average Bonchev–Trinajstić information content (AvgIpc) is 3.37. The highest BCUT2D eigenvalue weighted by molar-refractivity contribution is 7.92. The van der Waals surface area contributed by atoms with Crippen LogP contribution in [0.15, 0.2) is 42.5 Å². The van der Waals surface area contributed by atoms with Crippen molar-refractivity contribution in [1.82, 2.24) is 10.2 Å². The Morgan fingerprint density at radius 3 is 2.26 bits per heavy atom. The quantitative estimate of drug-likeness (QED) is 0.419. The molecule has 1 saturated carbocycles. The SMILES string of the molecule is CC[C@H](C(=O)NC1CCCC1)N(Cc1ccc(F)cc1)C(=O)CCCN(c1ccc(F)c(F)c1)S(C)(=O)=O. The molecule has 0 radical (unpaired) electrons. The first-order chi connectivity index (χ1) is 18.0. The van der Waals surface area contributed by atoms with Crippen molar-refractivity contribution in [1.29, 1.82) is 0 Å². The van der Waals surface area contributed by atoms with E-state index in [1.54, 1.807) is 19.1 Å². The third-order valence-corrected chi connectivity index (χ3v) is 7.89. The van der Waals surface area contributed by atoms with E-state index >= 15 is 0 Å². The average molecular weight is 554 g/mol. The molecule has 208 valence electrons. The number of halogens is 3. The van der Waals surface area contributed by atoms with Crippen molar-refractivity contribution >= 4 is 27.5 Å². The Labute approximate surface area is 222 Å². The fourth-order valence-corrected chi connectivity index (χ4v) is 5.67. The predicted octanol–water partition coefficient (Wildman–Crippen LogP) is 4.52. The van der Waals surface area contributed by atoms with Gasteiger partial charge in [0.05, 0.1) is 11.9 Å². The lowest BCUT2D eigenvalue weighted by Gasteiger charge is -2.32. The van der Waals surface area contributed by atoms with E-state index in [2.05, 4.69) is 5.32 Å². The number of carbonyl (C=O) groups excluding carboxylic acids is 2. The van der Waals surface area contributed by atoms with Gasteiger partial charge in [-0.05, 0) is 55.5 Å². The van der Waals surface area contributed by atoms with Crippen LogP contribution in [0.25, 0.3) is 0 Å². The number of carbonyl (C=O) groups is 2. The van der Waals surface area contributed by atoms with Crippen molar-refractivity contribution in [3.05, 3.63) is 65.5 Å². The Morgan fingerprint density at radius 1 is 1.03 bits per heavy atom. The van der Waals surface area contributed by atoms with Crippen molar-refractivity contribution < 1.29 is 31.2 Å². The molecular formula is C27H34F3N3O4S. The van der Waals surface area contributed by atoms with Crippen LogP contribution in [0.2, 0.25) is 0 Å². The van der Waals surface area contributed by atoms with Gasteiger partial charge < -0.3 is 10.2 Å². The molecule has 2 aromatic rings. The van der Waals surface area contributed by atoms with E-state index in [4.69, 9.17) is 0 Å². The number of hydrogen-bond acceptors (Lipinski definition) is 4. The number of hydrogen-bond donors (Lipinski definition) is 1. The fourth-order valence-electron chi connectivity index (χ4n) is 4.72. The van der Waals surface area contributed by atoms with Gasteiger partial charge in [-0.1, -0.05) is 31.9 Å². The molecule has 1 atom stereocenters. The molecule has 0 unspecified atom stereocenters. The summed E-state index contributed by atoms with van der Waals surface area (Å²) in [7, 11) is -3.85. The first kappa shape index (κ1) is 29.5. The molecule has 1 fully saturated rings. The lowest BCUT2D eigenvalue weighted by molar-refractivity contribution is -0.141. The van der Waals surface area contributed by atoms with Crippen LogP contribution in [0.3, 0.4) is 0 Å². The number of nitrogens with zero attached hydrogens (tertiary/aromatic N) is 2. The van der Waals surface area contributed by atoms with Crippen LogP contribution in [-0.4, -0.2) is 50.0 Å². The molecule has 38 heavy (non-hydrogen) atoms. The largest absolute Gasteiger partial charge is 0.352 e. The van der Waals surface area contributed by atoms with Gasteiger partial charge >= 0.3 is 0 Å². The summed E-state index contributed by atoms with van der Waals surface area (Å²) in [6.45, 7) is 1.73. The molecule has 1 aliphatic rings. The molecule has 0 heterocycles. The van der Waals surface area contributed by atoms with Gasteiger partial charge in [-0.15, -0.1) is 0 Å². The van der Waals surface area contributed by atoms with Crippen molar-refractivity contribution in [2.45, 2.75) is 70.5 Å². The molecule has 1 aliphatic carbocycles. The summed E-state index contributed by atoms with van der Waals surface area (Å²) in [6.07, 6.45) is 5.13. The summed E-state index contributed by atoms with van der Waals surface area (Å²) in [5.74, 6) is -3.33. The maximum absolute atomic E-state index is 13.7. The number of anilines is 1. The molecule has 1 N–H and O–H groups in total. The minimum absolute atomic E-state index is 0.0515. The second kappa shape index (κ2) is 13.1. The van der Waals surface area contributed by atoms with E-state index in [1.165, 1.54) is 17.0 Å². The van der Waals surface area contributed by atoms with Crippen LogP contribution in [-0.2, 0) is 26.2 Å². The number of sulfonamides is 1. The monoisotopic (exact) mass is 553 g/mol. The standard InChI is InChI=1S/C27H34F3N3O4S/c1-3-25(27(35)31-21-7-4-5-8-21)32(18-19-10-12-20(28)13-11-19)26(34)9-6-16-33(38(2,36)37)22-14-15-23(29)24(30)17-22/h10-15,17,21,25H,3-9,16,18H2,1-2H3,(H,31,35)/t25-/m1/s1. The van der Waals surface area contributed by atoms with Gasteiger partial charge in [-0.2, -0.15) is 0 Å². The number of benzene rings is 2. The van der Waals surface area contributed by atoms with Crippen LogP contribution >= 0.6 is 0 Å². The molecule has 2 amide bonds. The summed E-state index contributed by atoms with van der Waals surface area (Å²) in [5, 5.41) is 3.04. The van der Waals surface area contributed by atoms with Crippen LogP contribution in [0.4, 0.5) is 18.9 Å². The Bertz CT molecular complexity index is 1220. The van der Waals surface area contributed by atoms with Crippen LogP contribution in [0, 0.1) is 17.5 Å². The summed E-state index contributed by atoms with van der Waals surface area (Å²) in [5.41, 5.74) is 0.593. The van der Waals surface area contributed by atoms with Crippen LogP contribution < -0.4 is 9.62 Å². The maximum Gasteiger partial charge on any atom is 0.243 e. The Balaban J connectivity index is 1.76. The minimum Gasteiger partial charge on any atom is -0.352 e. The van der Waals surface area contributed by atoms with E-state index < -0.39 is 33.5 Å². The zero-order valence-corrected chi connectivity index (χ0v) is 22.4. The Morgan fingerprint density at radius 2 is 1.68 bits per heavy atom. The van der Waals surface area contributed by atoms with E-state index in [9.17, 15) is 31.2 Å². The van der Waals surface area contributed by atoms with Crippen molar-refractivity contribution in [3.8, 4) is 0 Å². The van der Waals surface area contributed by atoms with Gasteiger partial charge in [0.25, 0.3) is 0 Å². The van der Waals surface area contributed by atoms with Gasteiger partial charge in [-0.3, -0.25) is 13.9 Å². The van der Waals surface area contributed by atoms with Gasteiger partial charge in [0, 0.05) is 31.6 Å². The number of rotatable bonds is 12. The summed E-state index contributed by atoms with van der Waals surface area (Å²) < 4.78 is 66.2. The molecule has 7 nitrogen and oxygen atoms in total. The Hall–Kier alpha value is -3.08. The van der Waals surface area contributed by atoms with Crippen LogP contribution in [0.1, 0.15) is 57.4 Å². The highest BCUT2D eigenvalue weighted by Gasteiger charge is 2.30. The summed E-state index contributed by atoms with van der Waals surface area (Å²) >= 11 is 0. The molecule has 11 heteroatoms. The molecular weight excluding hydrogens is 519 g/mol. The molecule has 0 bridgehead atoms. The van der Waals surface area contributed by atoms with Gasteiger partial charge in [0.15, 0.2) is 11.6 Å². The smallest absolute Gasteiger partial charge is 0.243 e. The second-order valence-corrected chi connectivity index (χ2v) is 11.5. The van der Waals surface area contributed by atoms with E-state index in [0.717, 1.165) is 54.4 Å². The Kier molecular flexibility index (Phi) is 10.2. The second-order valence-electron chi connectivity index (χ2n) is 9.60. The lowest BCUT2D eigenvalue weighted by Crippen LogP contribution is -2.51.